The lowest BCUT2D eigenvalue weighted by Gasteiger charge is -1.99. The van der Waals surface area contributed by atoms with E-state index in [-0.39, 0.29) is 12.6 Å². The highest BCUT2D eigenvalue weighted by molar-refractivity contribution is 8.39. The van der Waals surface area contributed by atoms with Gasteiger partial charge in [0.05, 0.1) is 12.6 Å². The maximum absolute atomic E-state index is 8.90. The number of thioether (sulfide) groups is 2. The minimum atomic E-state index is 0.165. The lowest BCUT2D eigenvalue weighted by atomic mass is 10.2. The summed E-state index contributed by atoms with van der Waals surface area (Å²) in [5.74, 6) is 2.15. The Bertz CT molecular complexity index is 185. The molecule has 0 fully saturated rings. The van der Waals surface area contributed by atoms with Gasteiger partial charge in [0.25, 0.3) is 0 Å². The number of hydrogen-bond acceptors (Lipinski definition) is 4. The molecule has 1 aliphatic rings. The van der Waals surface area contributed by atoms with Crippen molar-refractivity contribution in [2.45, 2.75) is 38.6 Å². The molecule has 0 aromatic heterocycles. The first-order valence-electron chi connectivity index (χ1n) is 5.31. The van der Waals surface area contributed by atoms with E-state index in [4.69, 9.17) is 5.11 Å². The molecule has 82 valence electrons. The molecule has 1 N–H and O–H groups in total. The molecule has 0 aliphatic carbocycles. The fourth-order valence-electron chi connectivity index (χ4n) is 1.25. The summed E-state index contributed by atoms with van der Waals surface area (Å²) in [6.07, 6.45) is 5.28. The fourth-order valence-corrected chi connectivity index (χ4v) is 3.52. The van der Waals surface area contributed by atoms with Crippen LogP contribution in [0.25, 0.3) is 0 Å². The molecule has 0 saturated heterocycles. The second-order valence-electron chi connectivity index (χ2n) is 3.45. The number of nitrogens with zero attached hydrogens (tertiary/aromatic N) is 1. The number of unbranched alkanes of at least 4 members (excludes halogenated alkanes) is 3. The van der Waals surface area contributed by atoms with Gasteiger partial charge in [-0.05, 0) is 12.2 Å². The Balaban J connectivity index is 2.02. The van der Waals surface area contributed by atoms with Crippen LogP contribution in [-0.4, -0.2) is 33.6 Å². The molecule has 0 aromatic rings. The van der Waals surface area contributed by atoms with E-state index in [9.17, 15) is 0 Å². The van der Waals surface area contributed by atoms with Gasteiger partial charge in [-0.2, -0.15) is 0 Å². The first-order chi connectivity index (χ1) is 6.86. The Morgan fingerprint density at radius 1 is 1.50 bits per heavy atom. The first-order valence-corrected chi connectivity index (χ1v) is 7.28. The van der Waals surface area contributed by atoms with Crippen LogP contribution in [0, 0.1) is 0 Å². The van der Waals surface area contributed by atoms with Crippen LogP contribution in [0.3, 0.4) is 0 Å². The molecule has 1 heterocycles. The van der Waals surface area contributed by atoms with Crippen molar-refractivity contribution in [2.75, 3.05) is 18.1 Å². The SMILES string of the molecule is CCCCCCSC1=N[C@H](CO)CS1. The molecule has 0 spiro atoms. The second kappa shape index (κ2) is 7.60. The van der Waals surface area contributed by atoms with E-state index in [1.807, 2.05) is 11.8 Å². The van der Waals surface area contributed by atoms with Gasteiger partial charge in [-0.25, -0.2) is 0 Å². The molecular formula is C10H19NOS2. The van der Waals surface area contributed by atoms with E-state index in [0.717, 1.165) is 5.75 Å². The van der Waals surface area contributed by atoms with Crippen molar-refractivity contribution in [3.05, 3.63) is 0 Å². The number of aliphatic imine (C=N–C) groups is 1. The zero-order valence-electron chi connectivity index (χ0n) is 8.74. The highest BCUT2D eigenvalue weighted by Gasteiger charge is 2.16. The molecule has 1 atom stereocenters. The largest absolute Gasteiger partial charge is 0.394 e. The van der Waals surface area contributed by atoms with Crippen LogP contribution in [0.4, 0.5) is 0 Å². The van der Waals surface area contributed by atoms with Crippen LogP contribution < -0.4 is 0 Å². The summed E-state index contributed by atoms with van der Waals surface area (Å²) in [5, 5.41) is 8.90. The van der Waals surface area contributed by atoms with Crippen molar-refractivity contribution in [2.24, 2.45) is 4.99 Å². The Labute approximate surface area is 95.0 Å². The summed E-state index contributed by atoms with van der Waals surface area (Å²) >= 11 is 3.65. The zero-order chi connectivity index (χ0) is 10.2. The van der Waals surface area contributed by atoms with Crippen molar-refractivity contribution in [3.8, 4) is 0 Å². The predicted octanol–water partition coefficient (Wildman–Crippen LogP) is 2.76. The van der Waals surface area contributed by atoms with Gasteiger partial charge in [0.1, 0.15) is 4.38 Å². The topological polar surface area (TPSA) is 32.6 Å². The summed E-state index contributed by atoms with van der Waals surface area (Å²) in [6, 6.07) is 0.165. The lowest BCUT2D eigenvalue weighted by Crippen LogP contribution is -2.08. The quantitative estimate of drug-likeness (QED) is 0.716. The van der Waals surface area contributed by atoms with Crippen molar-refractivity contribution in [1.82, 2.24) is 0 Å². The van der Waals surface area contributed by atoms with Crippen molar-refractivity contribution >= 4 is 27.9 Å². The smallest absolute Gasteiger partial charge is 0.125 e. The minimum absolute atomic E-state index is 0.165. The van der Waals surface area contributed by atoms with Gasteiger partial charge in [0, 0.05) is 5.75 Å². The fraction of sp³-hybridized carbons (Fsp3) is 0.900. The van der Waals surface area contributed by atoms with E-state index in [2.05, 4.69) is 11.9 Å². The predicted molar refractivity (Wildman–Crippen MR) is 67.4 cm³/mol. The van der Waals surface area contributed by atoms with E-state index in [1.54, 1.807) is 11.8 Å². The molecule has 14 heavy (non-hydrogen) atoms. The van der Waals surface area contributed by atoms with Crippen LogP contribution in [0.15, 0.2) is 4.99 Å². The van der Waals surface area contributed by atoms with Crippen LogP contribution in [0.1, 0.15) is 32.6 Å². The molecule has 1 rings (SSSR count). The Kier molecular flexibility index (Phi) is 6.73. The Morgan fingerprint density at radius 3 is 3.00 bits per heavy atom. The number of hydrogen-bond donors (Lipinski definition) is 1. The summed E-state index contributed by atoms with van der Waals surface area (Å²) in [4.78, 5) is 4.42. The van der Waals surface area contributed by atoms with E-state index >= 15 is 0 Å². The molecule has 1 aliphatic heterocycles. The van der Waals surface area contributed by atoms with Gasteiger partial charge in [0.2, 0.25) is 0 Å². The summed E-state index contributed by atoms with van der Waals surface area (Å²) < 4.78 is 1.18. The van der Waals surface area contributed by atoms with E-state index < -0.39 is 0 Å². The average molecular weight is 233 g/mol. The summed E-state index contributed by atoms with van der Waals surface area (Å²) in [7, 11) is 0. The van der Waals surface area contributed by atoms with Gasteiger partial charge >= 0.3 is 0 Å². The lowest BCUT2D eigenvalue weighted by molar-refractivity contribution is 0.277. The van der Waals surface area contributed by atoms with Crippen molar-refractivity contribution in [3.63, 3.8) is 0 Å². The number of aliphatic hydroxyl groups is 1. The van der Waals surface area contributed by atoms with Crippen LogP contribution in [0.2, 0.25) is 0 Å². The maximum Gasteiger partial charge on any atom is 0.125 e. The number of rotatable bonds is 6. The molecule has 0 unspecified atom stereocenters. The zero-order valence-corrected chi connectivity index (χ0v) is 10.4. The maximum atomic E-state index is 8.90. The van der Waals surface area contributed by atoms with Crippen molar-refractivity contribution < 1.29 is 5.11 Å². The molecular weight excluding hydrogens is 214 g/mol. The first kappa shape index (κ1) is 12.4. The van der Waals surface area contributed by atoms with Gasteiger partial charge in [0.15, 0.2) is 0 Å². The third kappa shape index (κ3) is 4.71. The highest BCUT2D eigenvalue weighted by atomic mass is 32.2. The van der Waals surface area contributed by atoms with Gasteiger partial charge in [-0.1, -0.05) is 49.7 Å². The molecule has 0 aromatic carbocycles. The highest BCUT2D eigenvalue weighted by Crippen LogP contribution is 2.26. The minimum Gasteiger partial charge on any atom is -0.394 e. The van der Waals surface area contributed by atoms with Crippen LogP contribution >= 0.6 is 23.5 Å². The average Bonchev–Trinajstić information content (AvgIpc) is 2.65. The van der Waals surface area contributed by atoms with E-state index in [0.29, 0.717) is 0 Å². The second-order valence-corrected chi connectivity index (χ2v) is 5.80. The molecule has 0 radical (unpaired) electrons. The molecule has 0 saturated carbocycles. The van der Waals surface area contributed by atoms with Gasteiger partial charge in [-0.15, -0.1) is 0 Å². The third-order valence-corrected chi connectivity index (χ3v) is 4.58. The number of aliphatic hydroxyl groups excluding tert-OH is 1. The standard InChI is InChI=1S/C10H19NOS2/c1-2-3-4-5-6-13-10-11-9(7-12)8-14-10/h9,12H,2-8H2,1H3/t9-/m1/s1. The van der Waals surface area contributed by atoms with Crippen molar-refractivity contribution in [1.29, 1.82) is 0 Å². The molecule has 2 nitrogen and oxygen atoms in total. The van der Waals surface area contributed by atoms with Gasteiger partial charge < -0.3 is 5.11 Å². The Morgan fingerprint density at radius 2 is 2.36 bits per heavy atom. The van der Waals surface area contributed by atoms with Gasteiger partial charge in [-0.3, -0.25) is 4.99 Å². The monoisotopic (exact) mass is 233 g/mol. The van der Waals surface area contributed by atoms with E-state index in [1.165, 1.54) is 35.8 Å². The molecule has 0 amide bonds. The molecule has 0 bridgehead atoms. The normalized spacial score (nSPS) is 21.3. The summed E-state index contributed by atoms with van der Waals surface area (Å²) in [5.41, 5.74) is 0. The Hall–Kier alpha value is 0.330. The van der Waals surface area contributed by atoms with Crippen LogP contribution in [-0.2, 0) is 0 Å². The third-order valence-electron chi connectivity index (χ3n) is 2.12. The summed E-state index contributed by atoms with van der Waals surface area (Å²) in [6.45, 7) is 2.43. The molecule has 4 heteroatoms. The van der Waals surface area contributed by atoms with Crippen LogP contribution in [0.5, 0.6) is 0 Å².